The summed E-state index contributed by atoms with van der Waals surface area (Å²) in [7, 11) is 0. The van der Waals surface area contributed by atoms with Gasteiger partial charge in [-0.1, -0.05) is 27.7 Å². The minimum Gasteiger partial charge on any atom is -0.376 e. The van der Waals surface area contributed by atoms with Crippen LogP contribution in [0.5, 0.6) is 0 Å². The normalized spacial score (nSPS) is 38.6. The van der Waals surface area contributed by atoms with Crippen LogP contribution >= 0.6 is 0 Å². The molecule has 34 heavy (non-hydrogen) atoms. The summed E-state index contributed by atoms with van der Waals surface area (Å²) in [6.07, 6.45) is 3.94. The molecule has 0 radical (unpaired) electrons. The topological polar surface area (TPSA) is 83.1 Å². The van der Waals surface area contributed by atoms with Gasteiger partial charge in [0.1, 0.15) is 12.2 Å². The average Bonchev–Trinajstić information content (AvgIpc) is 3.57. The molecule has 0 saturated carbocycles. The quantitative estimate of drug-likeness (QED) is 0.388. The molecule has 9 heteroatoms. The Morgan fingerprint density at radius 2 is 1.18 bits per heavy atom. The summed E-state index contributed by atoms with van der Waals surface area (Å²) in [5.41, 5.74) is 0. The van der Waals surface area contributed by atoms with E-state index in [0.717, 1.165) is 25.7 Å². The summed E-state index contributed by atoms with van der Waals surface area (Å²) in [5.74, 6) is 0.926. The van der Waals surface area contributed by atoms with Crippen LogP contribution in [0.25, 0.3) is 0 Å². The Kier molecular flexibility index (Phi) is 10.4. The first kappa shape index (κ1) is 26.7. The van der Waals surface area contributed by atoms with E-state index in [1.165, 1.54) is 0 Å². The largest absolute Gasteiger partial charge is 0.376 e. The average molecular weight is 489 g/mol. The molecule has 4 aliphatic heterocycles. The van der Waals surface area contributed by atoms with Crippen LogP contribution in [0.4, 0.5) is 0 Å². The van der Waals surface area contributed by atoms with Crippen molar-refractivity contribution in [1.29, 1.82) is 0 Å². The van der Waals surface area contributed by atoms with E-state index in [9.17, 15) is 0 Å². The fourth-order valence-corrected chi connectivity index (χ4v) is 4.64. The molecule has 4 aliphatic rings. The van der Waals surface area contributed by atoms with Crippen LogP contribution in [-0.2, 0) is 42.6 Å². The van der Waals surface area contributed by atoms with E-state index in [-0.39, 0.29) is 49.6 Å². The van der Waals surface area contributed by atoms with E-state index in [2.05, 4.69) is 27.7 Å². The molecule has 0 amide bonds. The SMILES string of the molecule is CC(C)CC1OCC(CCCC2COC(CC3OCC(COCC4COC(C(C)C)O4)O3)O2)O1. The highest BCUT2D eigenvalue weighted by molar-refractivity contribution is 4.73. The molecule has 0 aromatic heterocycles. The molecule has 198 valence electrons. The Hall–Kier alpha value is -0.360. The summed E-state index contributed by atoms with van der Waals surface area (Å²) in [4.78, 5) is 0. The number of hydrogen-bond donors (Lipinski definition) is 0. The van der Waals surface area contributed by atoms with Crippen molar-refractivity contribution >= 4 is 0 Å². The summed E-state index contributed by atoms with van der Waals surface area (Å²) < 4.78 is 52.5. The molecule has 8 atom stereocenters. The zero-order valence-electron chi connectivity index (χ0n) is 21.2. The lowest BCUT2D eigenvalue weighted by molar-refractivity contribution is -0.143. The van der Waals surface area contributed by atoms with Gasteiger partial charge in [-0.2, -0.15) is 0 Å². The van der Waals surface area contributed by atoms with Crippen molar-refractivity contribution in [1.82, 2.24) is 0 Å². The molecule has 9 nitrogen and oxygen atoms in total. The van der Waals surface area contributed by atoms with Crippen LogP contribution in [0.15, 0.2) is 0 Å². The monoisotopic (exact) mass is 488 g/mol. The van der Waals surface area contributed by atoms with Crippen LogP contribution in [0.2, 0.25) is 0 Å². The van der Waals surface area contributed by atoms with Crippen molar-refractivity contribution in [3.63, 3.8) is 0 Å². The predicted molar refractivity (Wildman–Crippen MR) is 122 cm³/mol. The smallest absolute Gasteiger partial charge is 0.163 e. The highest BCUT2D eigenvalue weighted by atomic mass is 16.8. The fraction of sp³-hybridized carbons (Fsp3) is 1.00. The van der Waals surface area contributed by atoms with Gasteiger partial charge in [-0.05, 0) is 25.2 Å². The van der Waals surface area contributed by atoms with Crippen LogP contribution < -0.4 is 0 Å². The van der Waals surface area contributed by atoms with E-state index in [4.69, 9.17) is 42.6 Å². The zero-order chi connectivity index (χ0) is 23.9. The third-order valence-corrected chi connectivity index (χ3v) is 6.46. The van der Waals surface area contributed by atoms with E-state index < -0.39 is 0 Å². The van der Waals surface area contributed by atoms with Crippen molar-refractivity contribution in [2.45, 2.75) is 109 Å². The van der Waals surface area contributed by atoms with E-state index in [1.54, 1.807) is 0 Å². The maximum atomic E-state index is 6.06. The molecule has 0 aromatic carbocycles. The molecule has 4 heterocycles. The summed E-state index contributed by atoms with van der Waals surface area (Å²) in [6, 6.07) is 0. The first-order valence-electron chi connectivity index (χ1n) is 13.1. The third kappa shape index (κ3) is 8.35. The van der Waals surface area contributed by atoms with Crippen LogP contribution in [0.1, 0.15) is 59.8 Å². The van der Waals surface area contributed by atoms with Gasteiger partial charge in [0.25, 0.3) is 0 Å². The lowest BCUT2D eigenvalue weighted by Crippen LogP contribution is -2.26. The molecule has 0 aromatic rings. The standard InChI is InChI=1S/C25H44O9/c1-16(2)8-22-27-12-18(31-22)6-5-7-19-13-28-23(32-19)9-24-29-14-20(33-24)10-26-11-21-15-30-25(34-21)17(3)4/h16-25H,5-15H2,1-4H3. The molecule has 0 N–H and O–H groups in total. The predicted octanol–water partition coefficient (Wildman–Crippen LogP) is 3.23. The lowest BCUT2D eigenvalue weighted by Gasteiger charge is -2.17. The molecule has 4 fully saturated rings. The van der Waals surface area contributed by atoms with Gasteiger partial charge >= 0.3 is 0 Å². The van der Waals surface area contributed by atoms with Gasteiger partial charge in [0.2, 0.25) is 0 Å². The Balaban J connectivity index is 1.02. The van der Waals surface area contributed by atoms with Gasteiger partial charge in [-0.3, -0.25) is 0 Å². The summed E-state index contributed by atoms with van der Waals surface area (Å²) in [5, 5.41) is 0. The van der Waals surface area contributed by atoms with Crippen LogP contribution in [0.3, 0.4) is 0 Å². The highest BCUT2D eigenvalue weighted by Gasteiger charge is 2.34. The van der Waals surface area contributed by atoms with Crippen molar-refractivity contribution in [3.05, 3.63) is 0 Å². The maximum Gasteiger partial charge on any atom is 0.163 e. The number of hydrogen-bond acceptors (Lipinski definition) is 9. The Labute approximate surface area is 203 Å². The van der Waals surface area contributed by atoms with Crippen LogP contribution in [-0.4, -0.2) is 89.2 Å². The zero-order valence-corrected chi connectivity index (χ0v) is 21.2. The number of ether oxygens (including phenoxy) is 9. The summed E-state index contributed by atoms with van der Waals surface area (Å²) in [6.45, 7) is 11.9. The van der Waals surface area contributed by atoms with Gasteiger partial charge in [-0.25, -0.2) is 0 Å². The minimum atomic E-state index is -0.323. The van der Waals surface area contributed by atoms with E-state index >= 15 is 0 Å². The minimum absolute atomic E-state index is 0.0167. The second kappa shape index (κ2) is 13.3. The molecule has 0 aliphatic carbocycles. The number of rotatable bonds is 13. The molecular formula is C25H44O9. The Morgan fingerprint density at radius 3 is 1.79 bits per heavy atom. The first-order chi connectivity index (χ1) is 16.4. The molecule has 4 saturated heterocycles. The van der Waals surface area contributed by atoms with E-state index in [0.29, 0.717) is 57.9 Å². The summed E-state index contributed by atoms with van der Waals surface area (Å²) >= 11 is 0. The Morgan fingerprint density at radius 1 is 0.647 bits per heavy atom. The van der Waals surface area contributed by atoms with Gasteiger partial charge in [0.15, 0.2) is 25.2 Å². The highest BCUT2D eigenvalue weighted by Crippen LogP contribution is 2.26. The molecule has 8 unspecified atom stereocenters. The van der Waals surface area contributed by atoms with Crippen molar-refractivity contribution < 1.29 is 42.6 Å². The van der Waals surface area contributed by atoms with E-state index in [1.807, 2.05) is 0 Å². The molecule has 0 spiro atoms. The second-order valence-electron chi connectivity index (χ2n) is 10.6. The fourth-order valence-electron chi connectivity index (χ4n) is 4.64. The molecular weight excluding hydrogens is 444 g/mol. The van der Waals surface area contributed by atoms with Crippen molar-refractivity contribution in [2.75, 3.05) is 39.6 Å². The first-order valence-corrected chi connectivity index (χ1v) is 13.1. The lowest BCUT2D eigenvalue weighted by atomic mass is 10.1. The van der Waals surface area contributed by atoms with Crippen molar-refractivity contribution in [3.8, 4) is 0 Å². The van der Waals surface area contributed by atoms with Gasteiger partial charge in [-0.15, -0.1) is 0 Å². The van der Waals surface area contributed by atoms with Gasteiger partial charge in [0.05, 0.1) is 51.8 Å². The van der Waals surface area contributed by atoms with Crippen LogP contribution in [0, 0.1) is 11.8 Å². The third-order valence-electron chi connectivity index (χ3n) is 6.46. The van der Waals surface area contributed by atoms with Gasteiger partial charge in [0, 0.05) is 18.8 Å². The Bertz CT molecular complexity index is 589. The molecule has 0 bridgehead atoms. The molecule has 4 rings (SSSR count). The van der Waals surface area contributed by atoms with Gasteiger partial charge < -0.3 is 42.6 Å². The maximum absolute atomic E-state index is 6.06. The second-order valence-corrected chi connectivity index (χ2v) is 10.6. The van der Waals surface area contributed by atoms with Crippen molar-refractivity contribution in [2.24, 2.45) is 11.8 Å².